The summed E-state index contributed by atoms with van der Waals surface area (Å²) in [7, 11) is -1.00. The summed E-state index contributed by atoms with van der Waals surface area (Å²) >= 11 is 3.37. The third-order valence-corrected chi connectivity index (χ3v) is 6.04. The molecule has 20 heavy (non-hydrogen) atoms. The van der Waals surface area contributed by atoms with Gasteiger partial charge in [0.2, 0.25) is 0 Å². The van der Waals surface area contributed by atoms with Crippen molar-refractivity contribution in [3.63, 3.8) is 0 Å². The van der Waals surface area contributed by atoms with E-state index in [0.29, 0.717) is 13.0 Å². The van der Waals surface area contributed by atoms with E-state index in [1.807, 2.05) is 11.9 Å². The normalized spacial score (nSPS) is 21.2. The number of carboxylic acids is 1. The van der Waals surface area contributed by atoms with Gasteiger partial charge in [-0.25, -0.2) is 13.2 Å². The molecule has 1 aromatic rings. The van der Waals surface area contributed by atoms with E-state index in [0.717, 1.165) is 10.0 Å². The number of nitrogens with zero attached hydrogens (tertiary/aromatic N) is 1. The number of carbonyl (C=O) groups is 1. The van der Waals surface area contributed by atoms with Gasteiger partial charge >= 0.3 is 5.97 Å². The number of halogens is 1. The van der Waals surface area contributed by atoms with E-state index in [-0.39, 0.29) is 23.1 Å². The molecular weight excluding hydrogens is 346 g/mol. The second-order valence-corrected chi connectivity index (χ2v) is 8.17. The lowest BCUT2D eigenvalue weighted by molar-refractivity contribution is 0.0696. The van der Waals surface area contributed by atoms with Crippen molar-refractivity contribution in [1.29, 1.82) is 0 Å². The Kier molecular flexibility index (Phi) is 4.51. The highest BCUT2D eigenvalue weighted by Crippen LogP contribution is 2.23. The van der Waals surface area contributed by atoms with Gasteiger partial charge in [0, 0.05) is 17.1 Å². The summed E-state index contributed by atoms with van der Waals surface area (Å²) in [6.07, 6.45) is 0.656. The molecule has 1 heterocycles. The van der Waals surface area contributed by atoms with E-state index in [9.17, 15) is 13.2 Å². The van der Waals surface area contributed by atoms with E-state index in [4.69, 9.17) is 5.11 Å². The first-order valence-corrected chi connectivity index (χ1v) is 8.82. The average Bonchev–Trinajstić information content (AvgIpc) is 2.72. The topological polar surface area (TPSA) is 74.7 Å². The molecule has 1 aromatic carbocycles. The molecule has 1 fully saturated rings. The van der Waals surface area contributed by atoms with Gasteiger partial charge in [0.15, 0.2) is 9.84 Å². The fraction of sp³-hybridized carbons (Fsp3) is 0.462. The van der Waals surface area contributed by atoms with Gasteiger partial charge in [-0.15, -0.1) is 0 Å². The van der Waals surface area contributed by atoms with Gasteiger partial charge in [-0.2, -0.15) is 0 Å². The van der Waals surface area contributed by atoms with Gasteiger partial charge in [-0.1, -0.05) is 22.0 Å². The SMILES string of the molecule is CN(Cc1ccc(C(=O)O)cc1Br)C1CCS(=O)(=O)C1. The van der Waals surface area contributed by atoms with Crippen LogP contribution in [0.1, 0.15) is 22.3 Å². The molecule has 1 saturated heterocycles. The van der Waals surface area contributed by atoms with Crippen LogP contribution in [-0.4, -0.2) is 49.0 Å². The molecule has 0 bridgehead atoms. The van der Waals surface area contributed by atoms with Crippen molar-refractivity contribution in [3.05, 3.63) is 33.8 Å². The second kappa shape index (κ2) is 5.83. The van der Waals surface area contributed by atoms with Crippen LogP contribution in [0.15, 0.2) is 22.7 Å². The molecule has 0 amide bonds. The van der Waals surface area contributed by atoms with Gasteiger partial charge in [-0.05, 0) is 31.2 Å². The zero-order valence-electron chi connectivity index (χ0n) is 11.0. The number of rotatable bonds is 4. The highest BCUT2D eigenvalue weighted by atomic mass is 79.9. The Balaban J connectivity index is 2.08. The number of aromatic carboxylic acids is 1. The monoisotopic (exact) mass is 361 g/mol. The third-order valence-electron chi connectivity index (χ3n) is 3.55. The number of benzene rings is 1. The Bertz CT molecular complexity index is 629. The summed E-state index contributed by atoms with van der Waals surface area (Å²) in [6.45, 7) is 0.584. The quantitative estimate of drug-likeness (QED) is 0.884. The third kappa shape index (κ3) is 3.59. The molecule has 110 valence electrons. The first kappa shape index (κ1) is 15.5. The van der Waals surface area contributed by atoms with Crippen molar-refractivity contribution in [2.75, 3.05) is 18.6 Å². The minimum absolute atomic E-state index is 0.0334. The van der Waals surface area contributed by atoms with Gasteiger partial charge in [0.25, 0.3) is 0 Å². The van der Waals surface area contributed by atoms with Crippen molar-refractivity contribution in [2.24, 2.45) is 0 Å². The molecule has 0 spiro atoms. The molecule has 0 aliphatic carbocycles. The van der Waals surface area contributed by atoms with Crippen LogP contribution in [0.2, 0.25) is 0 Å². The lowest BCUT2D eigenvalue weighted by Crippen LogP contribution is -2.32. The zero-order chi connectivity index (χ0) is 14.9. The summed E-state index contributed by atoms with van der Waals surface area (Å²) in [5.74, 6) is -0.511. The molecule has 7 heteroatoms. The van der Waals surface area contributed by atoms with Crippen LogP contribution in [0, 0.1) is 0 Å². The number of hydrogen-bond donors (Lipinski definition) is 1. The lowest BCUT2D eigenvalue weighted by atomic mass is 10.1. The molecule has 0 saturated carbocycles. The largest absolute Gasteiger partial charge is 0.478 e. The van der Waals surface area contributed by atoms with E-state index < -0.39 is 15.8 Å². The van der Waals surface area contributed by atoms with E-state index >= 15 is 0 Å². The maximum Gasteiger partial charge on any atom is 0.335 e. The molecule has 1 unspecified atom stereocenters. The Morgan fingerprint density at radius 3 is 2.70 bits per heavy atom. The van der Waals surface area contributed by atoms with Gasteiger partial charge in [0.1, 0.15) is 0 Å². The van der Waals surface area contributed by atoms with E-state index in [1.54, 1.807) is 18.2 Å². The van der Waals surface area contributed by atoms with Crippen LogP contribution in [-0.2, 0) is 16.4 Å². The van der Waals surface area contributed by atoms with Crippen molar-refractivity contribution in [3.8, 4) is 0 Å². The first-order chi connectivity index (χ1) is 9.28. The van der Waals surface area contributed by atoms with Crippen LogP contribution in [0.3, 0.4) is 0 Å². The highest BCUT2D eigenvalue weighted by molar-refractivity contribution is 9.10. The fourth-order valence-corrected chi connectivity index (χ4v) is 4.64. The van der Waals surface area contributed by atoms with Crippen LogP contribution in [0.25, 0.3) is 0 Å². The summed E-state index contributed by atoms with van der Waals surface area (Å²) in [5, 5.41) is 8.91. The molecule has 1 aliphatic rings. The smallest absolute Gasteiger partial charge is 0.335 e. The molecule has 5 nitrogen and oxygen atoms in total. The summed E-state index contributed by atoms with van der Waals surface area (Å²) in [5.41, 5.74) is 1.17. The summed E-state index contributed by atoms with van der Waals surface area (Å²) in [4.78, 5) is 12.9. The van der Waals surface area contributed by atoms with Crippen molar-refractivity contribution < 1.29 is 18.3 Å². The second-order valence-electron chi connectivity index (χ2n) is 5.08. The zero-order valence-corrected chi connectivity index (χ0v) is 13.4. The molecule has 1 aliphatic heterocycles. The molecule has 1 N–H and O–H groups in total. The Morgan fingerprint density at radius 2 is 2.20 bits per heavy atom. The van der Waals surface area contributed by atoms with Crippen LogP contribution in [0.4, 0.5) is 0 Å². The number of sulfone groups is 1. The average molecular weight is 362 g/mol. The van der Waals surface area contributed by atoms with E-state index in [2.05, 4.69) is 15.9 Å². The molecule has 1 atom stereocenters. The van der Waals surface area contributed by atoms with Crippen LogP contribution >= 0.6 is 15.9 Å². The predicted molar refractivity (Wildman–Crippen MR) is 79.6 cm³/mol. The minimum Gasteiger partial charge on any atom is -0.478 e. The standard InChI is InChI=1S/C13H16BrNO4S/c1-15(11-4-5-20(18,19)8-11)7-10-3-2-9(13(16)17)6-12(10)14/h2-3,6,11H,4-5,7-8H2,1H3,(H,16,17). The van der Waals surface area contributed by atoms with Gasteiger partial charge in [0.05, 0.1) is 17.1 Å². The van der Waals surface area contributed by atoms with Crippen LogP contribution < -0.4 is 0 Å². The summed E-state index contributed by atoms with van der Waals surface area (Å²) < 4.78 is 23.7. The van der Waals surface area contributed by atoms with Crippen molar-refractivity contribution >= 4 is 31.7 Å². The highest BCUT2D eigenvalue weighted by Gasteiger charge is 2.30. The molecule has 0 radical (unpaired) electrons. The number of hydrogen-bond acceptors (Lipinski definition) is 4. The Hall–Kier alpha value is -0.920. The lowest BCUT2D eigenvalue weighted by Gasteiger charge is -2.23. The van der Waals surface area contributed by atoms with E-state index in [1.165, 1.54) is 0 Å². The van der Waals surface area contributed by atoms with Crippen molar-refractivity contribution in [1.82, 2.24) is 4.90 Å². The molecule has 0 aromatic heterocycles. The first-order valence-electron chi connectivity index (χ1n) is 6.21. The van der Waals surface area contributed by atoms with Gasteiger partial charge in [-0.3, -0.25) is 4.90 Å². The molecular formula is C13H16BrNO4S. The maximum atomic E-state index is 11.5. The van der Waals surface area contributed by atoms with Crippen LogP contribution in [0.5, 0.6) is 0 Å². The Morgan fingerprint density at radius 1 is 1.50 bits per heavy atom. The van der Waals surface area contributed by atoms with Crippen molar-refractivity contribution in [2.45, 2.75) is 19.0 Å². The maximum absolute atomic E-state index is 11.5. The fourth-order valence-electron chi connectivity index (χ4n) is 2.33. The molecule has 2 rings (SSSR count). The Labute approximate surface area is 126 Å². The summed E-state index contributed by atoms with van der Waals surface area (Å²) in [6, 6.07) is 4.91. The number of carboxylic acid groups (broad SMARTS) is 1. The predicted octanol–water partition coefficient (Wildman–Crippen LogP) is 1.77. The van der Waals surface area contributed by atoms with Gasteiger partial charge < -0.3 is 5.11 Å². The minimum atomic E-state index is -2.89.